The summed E-state index contributed by atoms with van der Waals surface area (Å²) in [5.41, 5.74) is 1.11. The summed E-state index contributed by atoms with van der Waals surface area (Å²) in [5, 5.41) is 13.9. The van der Waals surface area contributed by atoms with Crippen molar-refractivity contribution in [3.8, 4) is 11.5 Å². The first-order chi connectivity index (χ1) is 11.6. The third-order valence-corrected chi connectivity index (χ3v) is 3.38. The predicted octanol–water partition coefficient (Wildman–Crippen LogP) is 2.38. The molecule has 0 bridgehead atoms. The number of nitrogens with one attached hydrogen (secondary N) is 2. The first-order valence-electron chi connectivity index (χ1n) is 7.90. The number of hydrogen-bond acceptors (Lipinski definition) is 6. The van der Waals surface area contributed by atoms with E-state index < -0.39 is 0 Å². The lowest BCUT2D eigenvalue weighted by atomic mass is 10.2. The van der Waals surface area contributed by atoms with Gasteiger partial charge < -0.3 is 20.1 Å². The molecule has 7 heteroatoms. The van der Waals surface area contributed by atoms with Crippen LogP contribution in [0.25, 0.3) is 0 Å². The lowest BCUT2D eigenvalue weighted by Crippen LogP contribution is -2.28. The fourth-order valence-electron chi connectivity index (χ4n) is 2.18. The predicted molar refractivity (Wildman–Crippen MR) is 89.9 cm³/mol. The molecule has 24 heavy (non-hydrogen) atoms. The SMILES string of the molecule is CC(C)CNC(=O)c1ccc(Nc2ccc3c(c2)OCCO3)nn1. The number of anilines is 2. The highest BCUT2D eigenvalue weighted by atomic mass is 16.6. The van der Waals surface area contributed by atoms with E-state index in [-0.39, 0.29) is 5.91 Å². The number of benzene rings is 1. The first-order valence-corrected chi connectivity index (χ1v) is 7.90. The smallest absolute Gasteiger partial charge is 0.271 e. The molecule has 1 aliphatic rings. The van der Waals surface area contributed by atoms with Crippen LogP contribution in [0.3, 0.4) is 0 Å². The van der Waals surface area contributed by atoms with Gasteiger partial charge in [0.1, 0.15) is 13.2 Å². The summed E-state index contributed by atoms with van der Waals surface area (Å²) in [7, 11) is 0. The van der Waals surface area contributed by atoms with Crippen LogP contribution in [0.5, 0.6) is 11.5 Å². The van der Waals surface area contributed by atoms with Crippen LogP contribution in [0.1, 0.15) is 24.3 Å². The lowest BCUT2D eigenvalue weighted by Gasteiger charge is -2.19. The van der Waals surface area contributed by atoms with Crippen molar-refractivity contribution in [1.82, 2.24) is 15.5 Å². The standard InChI is InChI=1S/C17H20N4O3/c1-11(2)10-18-17(22)13-4-6-16(21-20-13)19-12-3-5-14-15(9-12)24-8-7-23-14/h3-6,9,11H,7-8,10H2,1-2H3,(H,18,22)(H,19,21). The van der Waals surface area contributed by atoms with E-state index in [4.69, 9.17) is 9.47 Å². The van der Waals surface area contributed by atoms with Crippen molar-refractivity contribution in [2.24, 2.45) is 5.92 Å². The molecule has 0 atom stereocenters. The van der Waals surface area contributed by atoms with Gasteiger partial charge in [-0.2, -0.15) is 0 Å². The molecule has 1 aromatic heterocycles. The molecule has 1 amide bonds. The van der Waals surface area contributed by atoms with Crippen molar-refractivity contribution in [2.45, 2.75) is 13.8 Å². The number of amides is 1. The highest BCUT2D eigenvalue weighted by Gasteiger charge is 2.12. The van der Waals surface area contributed by atoms with Gasteiger partial charge in [-0.25, -0.2) is 0 Å². The van der Waals surface area contributed by atoms with Crippen LogP contribution in [0.4, 0.5) is 11.5 Å². The number of carbonyl (C=O) groups excluding carboxylic acids is 1. The van der Waals surface area contributed by atoms with E-state index in [0.29, 0.717) is 42.9 Å². The molecule has 7 nitrogen and oxygen atoms in total. The Kier molecular flexibility index (Phi) is 4.79. The van der Waals surface area contributed by atoms with E-state index >= 15 is 0 Å². The van der Waals surface area contributed by atoms with E-state index in [2.05, 4.69) is 20.8 Å². The van der Waals surface area contributed by atoms with Crippen LogP contribution >= 0.6 is 0 Å². The number of nitrogens with zero attached hydrogens (tertiary/aromatic N) is 2. The third kappa shape index (κ3) is 3.92. The van der Waals surface area contributed by atoms with Crippen LogP contribution in [0.15, 0.2) is 30.3 Å². The van der Waals surface area contributed by atoms with Crippen molar-refractivity contribution in [3.05, 3.63) is 36.0 Å². The van der Waals surface area contributed by atoms with Crippen LogP contribution < -0.4 is 20.1 Å². The zero-order valence-corrected chi connectivity index (χ0v) is 13.7. The Morgan fingerprint density at radius 3 is 2.62 bits per heavy atom. The molecule has 1 aromatic carbocycles. The normalized spacial score (nSPS) is 12.8. The maximum absolute atomic E-state index is 11.9. The van der Waals surface area contributed by atoms with Gasteiger partial charge in [-0.3, -0.25) is 4.79 Å². The minimum absolute atomic E-state index is 0.220. The number of rotatable bonds is 5. The zero-order chi connectivity index (χ0) is 16.9. The van der Waals surface area contributed by atoms with Gasteiger partial charge in [-0.15, -0.1) is 10.2 Å². The Morgan fingerprint density at radius 1 is 1.12 bits per heavy atom. The molecule has 0 spiro atoms. The summed E-state index contributed by atoms with van der Waals surface area (Å²) in [6.07, 6.45) is 0. The second kappa shape index (κ2) is 7.16. The van der Waals surface area contributed by atoms with Crippen molar-refractivity contribution in [3.63, 3.8) is 0 Å². The maximum atomic E-state index is 11.9. The topological polar surface area (TPSA) is 85.4 Å². The van der Waals surface area contributed by atoms with Gasteiger partial charge in [0.25, 0.3) is 5.91 Å². The molecule has 0 aliphatic carbocycles. The fraction of sp³-hybridized carbons (Fsp3) is 0.353. The average Bonchev–Trinajstić information content (AvgIpc) is 2.60. The second-order valence-corrected chi connectivity index (χ2v) is 5.89. The van der Waals surface area contributed by atoms with Gasteiger partial charge in [0.05, 0.1) is 0 Å². The summed E-state index contributed by atoms with van der Waals surface area (Å²) in [5.74, 6) is 2.14. The summed E-state index contributed by atoms with van der Waals surface area (Å²) in [6, 6.07) is 8.92. The Hall–Kier alpha value is -2.83. The van der Waals surface area contributed by atoms with Gasteiger partial charge in [0.15, 0.2) is 23.0 Å². The van der Waals surface area contributed by atoms with Crippen LogP contribution in [0.2, 0.25) is 0 Å². The monoisotopic (exact) mass is 328 g/mol. The molecule has 0 saturated heterocycles. The number of fused-ring (bicyclic) bond motifs is 1. The van der Waals surface area contributed by atoms with Crippen LogP contribution in [-0.2, 0) is 0 Å². The van der Waals surface area contributed by atoms with E-state index in [0.717, 1.165) is 11.4 Å². The molecule has 2 aromatic rings. The summed E-state index contributed by atoms with van der Waals surface area (Å²) in [6.45, 7) is 5.78. The van der Waals surface area contributed by atoms with Crippen molar-refractivity contribution >= 4 is 17.4 Å². The van der Waals surface area contributed by atoms with E-state index in [1.54, 1.807) is 12.1 Å². The lowest BCUT2D eigenvalue weighted by molar-refractivity contribution is 0.0943. The van der Waals surface area contributed by atoms with Gasteiger partial charge in [0, 0.05) is 18.3 Å². The van der Waals surface area contributed by atoms with E-state index in [1.807, 2.05) is 32.0 Å². The van der Waals surface area contributed by atoms with Gasteiger partial charge in [0.2, 0.25) is 0 Å². The zero-order valence-electron chi connectivity index (χ0n) is 13.7. The number of aromatic nitrogens is 2. The van der Waals surface area contributed by atoms with E-state index in [9.17, 15) is 4.79 Å². The number of carbonyl (C=O) groups is 1. The van der Waals surface area contributed by atoms with Crippen molar-refractivity contribution in [1.29, 1.82) is 0 Å². The summed E-state index contributed by atoms with van der Waals surface area (Å²) in [4.78, 5) is 11.9. The van der Waals surface area contributed by atoms with Gasteiger partial charge in [-0.05, 0) is 30.2 Å². The molecule has 2 heterocycles. The quantitative estimate of drug-likeness (QED) is 0.876. The minimum Gasteiger partial charge on any atom is -0.486 e. The maximum Gasteiger partial charge on any atom is 0.271 e. The highest BCUT2D eigenvalue weighted by molar-refractivity contribution is 5.92. The largest absolute Gasteiger partial charge is 0.486 e. The minimum atomic E-state index is -0.220. The third-order valence-electron chi connectivity index (χ3n) is 3.38. The van der Waals surface area contributed by atoms with Crippen LogP contribution in [-0.4, -0.2) is 35.9 Å². The highest BCUT2D eigenvalue weighted by Crippen LogP contribution is 2.33. The molecule has 0 fully saturated rings. The molecule has 0 radical (unpaired) electrons. The molecule has 0 saturated carbocycles. The van der Waals surface area contributed by atoms with Crippen LogP contribution in [0, 0.1) is 5.92 Å². The number of ether oxygens (including phenoxy) is 2. The molecule has 0 unspecified atom stereocenters. The Morgan fingerprint density at radius 2 is 1.92 bits per heavy atom. The average molecular weight is 328 g/mol. The molecule has 126 valence electrons. The Balaban J connectivity index is 1.65. The summed E-state index contributed by atoms with van der Waals surface area (Å²) < 4.78 is 11.0. The molecular formula is C17H20N4O3. The van der Waals surface area contributed by atoms with Crippen molar-refractivity contribution < 1.29 is 14.3 Å². The van der Waals surface area contributed by atoms with E-state index in [1.165, 1.54) is 0 Å². The van der Waals surface area contributed by atoms with Gasteiger partial charge >= 0.3 is 0 Å². The molecule has 3 rings (SSSR count). The Labute approximate surface area is 140 Å². The molecule has 1 aliphatic heterocycles. The summed E-state index contributed by atoms with van der Waals surface area (Å²) >= 11 is 0. The first kappa shape index (κ1) is 16.0. The number of hydrogen-bond donors (Lipinski definition) is 2. The second-order valence-electron chi connectivity index (χ2n) is 5.89. The van der Waals surface area contributed by atoms with Crippen molar-refractivity contribution in [2.75, 3.05) is 25.1 Å². The Bertz CT molecular complexity index is 716. The van der Waals surface area contributed by atoms with Gasteiger partial charge in [-0.1, -0.05) is 13.8 Å². The molecule has 2 N–H and O–H groups in total. The molecular weight excluding hydrogens is 308 g/mol. The fourth-order valence-corrected chi connectivity index (χ4v) is 2.18.